The molecule has 28 heavy (non-hydrogen) atoms. The van der Waals surface area contributed by atoms with E-state index in [-0.39, 0.29) is 18.1 Å². The third-order valence-electron chi connectivity index (χ3n) is 4.76. The maximum absolute atomic E-state index is 12.6. The van der Waals surface area contributed by atoms with Gasteiger partial charge in [0.05, 0.1) is 12.4 Å². The van der Waals surface area contributed by atoms with Crippen LogP contribution >= 0.6 is 27.7 Å². The number of ether oxygens (including phenoxy) is 3. The van der Waals surface area contributed by atoms with Crippen molar-refractivity contribution in [3.05, 3.63) is 46.4 Å². The fourth-order valence-electron chi connectivity index (χ4n) is 3.30. The molecule has 7 heteroatoms. The van der Waals surface area contributed by atoms with Gasteiger partial charge in [0.25, 0.3) is 0 Å². The molecular formula is C21H22BrNO4S. The van der Waals surface area contributed by atoms with E-state index >= 15 is 0 Å². The van der Waals surface area contributed by atoms with Crippen LogP contribution in [-0.4, -0.2) is 25.1 Å². The van der Waals surface area contributed by atoms with Gasteiger partial charge in [0, 0.05) is 15.7 Å². The van der Waals surface area contributed by atoms with Crippen LogP contribution in [0, 0.1) is 0 Å². The number of fused-ring (bicyclic) bond motifs is 1. The minimum atomic E-state index is -0.118. The van der Waals surface area contributed by atoms with E-state index < -0.39 is 0 Å². The summed E-state index contributed by atoms with van der Waals surface area (Å²) in [6, 6.07) is 11.6. The zero-order valence-electron chi connectivity index (χ0n) is 15.7. The van der Waals surface area contributed by atoms with E-state index in [1.54, 1.807) is 11.8 Å². The van der Waals surface area contributed by atoms with Crippen LogP contribution < -0.4 is 19.1 Å². The quantitative estimate of drug-likeness (QED) is 0.505. The Labute approximate surface area is 177 Å². The van der Waals surface area contributed by atoms with Crippen molar-refractivity contribution < 1.29 is 19.0 Å². The molecule has 5 nitrogen and oxygen atoms in total. The van der Waals surface area contributed by atoms with Gasteiger partial charge in [0.1, 0.15) is 11.1 Å². The molecule has 1 saturated heterocycles. The maximum atomic E-state index is 12.6. The summed E-state index contributed by atoms with van der Waals surface area (Å²) in [6.07, 6.45) is 3.40. The highest BCUT2D eigenvalue weighted by atomic mass is 79.9. The topological polar surface area (TPSA) is 48.0 Å². The molecule has 1 fully saturated rings. The zero-order chi connectivity index (χ0) is 19.5. The summed E-state index contributed by atoms with van der Waals surface area (Å²) < 4.78 is 17.7. The Morgan fingerprint density at radius 2 is 1.93 bits per heavy atom. The van der Waals surface area contributed by atoms with Crippen molar-refractivity contribution in [3.63, 3.8) is 0 Å². The number of amides is 1. The van der Waals surface area contributed by atoms with E-state index in [4.69, 9.17) is 14.2 Å². The van der Waals surface area contributed by atoms with Gasteiger partial charge in [0.15, 0.2) is 11.5 Å². The first-order valence-electron chi connectivity index (χ1n) is 9.43. The first-order valence-corrected chi connectivity index (χ1v) is 11.3. The van der Waals surface area contributed by atoms with Crippen molar-refractivity contribution in [3.8, 4) is 17.2 Å². The largest absolute Gasteiger partial charge is 0.494 e. The molecule has 0 unspecified atom stereocenters. The number of hydrogen-bond acceptors (Lipinski definition) is 5. The molecule has 4 rings (SSSR count). The molecule has 2 aromatic rings. The molecule has 1 atom stereocenters. The Kier molecular flexibility index (Phi) is 6.01. The number of nitrogens with zero attached hydrogens (tertiary/aromatic N) is 1. The van der Waals surface area contributed by atoms with Crippen LogP contribution in [0.2, 0.25) is 0 Å². The molecule has 0 aromatic heterocycles. The van der Waals surface area contributed by atoms with E-state index in [9.17, 15) is 4.79 Å². The normalized spacial score (nSPS) is 18.0. The number of thioether (sulfide) groups is 1. The number of unbranched alkanes of at least 4 members (excludes halogenated alkanes) is 2. The summed E-state index contributed by atoms with van der Waals surface area (Å²) in [6.45, 7) is 3.12. The molecule has 2 heterocycles. The first-order chi connectivity index (χ1) is 13.7. The van der Waals surface area contributed by atoms with Crippen LogP contribution in [-0.2, 0) is 4.79 Å². The van der Waals surface area contributed by atoms with E-state index in [1.807, 2.05) is 41.3 Å². The van der Waals surface area contributed by atoms with Gasteiger partial charge in [-0.2, -0.15) is 0 Å². The zero-order valence-corrected chi connectivity index (χ0v) is 18.1. The number of hydrogen-bond donors (Lipinski definition) is 0. The Bertz CT molecular complexity index is 858. The summed E-state index contributed by atoms with van der Waals surface area (Å²) in [4.78, 5) is 14.5. The molecule has 1 amide bonds. The van der Waals surface area contributed by atoms with Crippen molar-refractivity contribution >= 4 is 39.3 Å². The number of anilines is 1. The van der Waals surface area contributed by atoms with E-state index in [1.165, 1.54) is 12.8 Å². The second-order valence-corrected chi connectivity index (χ2v) is 8.63. The van der Waals surface area contributed by atoms with Crippen molar-refractivity contribution in [1.82, 2.24) is 0 Å². The molecule has 0 saturated carbocycles. The Morgan fingerprint density at radius 1 is 1.18 bits per heavy atom. The monoisotopic (exact) mass is 463 g/mol. The highest BCUT2D eigenvalue weighted by molar-refractivity contribution is 9.10. The molecular weight excluding hydrogens is 442 g/mol. The van der Waals surface area contributed by atoms with Crippen LogP contribution in [0.3, 0.4) is 0 Å². The maximum Gasteiger partial charge on any atom is 0.238 e. The molecule has 2 aromatic carbocycles. The number of carbonyl (C=O) groups excluding carboxylic acids is 1. The minimum Gasteiger partial charge on any atom is -0.494 e. The van der Waals surface area contributed by atoms with Gasteiger partial charge in [-0.05, 0) is 42.8 Å². The van der Waals surface area contributed by atoms with Crippen molar-refractivity contribution in [2.45, 2.75) is 31.6 Å². The number of benzene rings is 2. The van der Waals surface area contributed by atoms with Crippen molar-refractivity contribution in [2.24, 2.45) is 0 Å². The van der Waals surface area contributed by atoms with Crippen molar-refractivity contribution in [1.29, 1.82) is 0 Å². The van der Waals surface area contributed by atoms with E-state index in [0.717, 1.165) is 40.3 Å². The van der Waals surface area contributed by atoms with Gasteiger partial charge in [-0.15, -0.1) is 11.8 Å². The SMILES string of the molecule is CCCCCOc1ccc(N2C(=O)CS[C@@H]2c2cc3c(cc2Br)OCO3)cc1. The molecule has 0 bridgehead atoms. The second-order valence-electron chi connectivity index (χ2n) is 6.70. The molecule has 0 N–H and O–H groups in total. The van der Waals surface area contributed by atoms with Crippen LogP contribution in [0.25, 0.3) is 0 Å². The van der Waals surface area contributed by atoms with Gasteiger partial charge < -0.3 is 14.2 Å². The fourth-order valence-corrected chi connectivity index (χ4v) is 5.19. The number of carbonyl (C=O) groups is 1. The van der Waals surface area contributed by atoms with E-state index in [2.05, 4.69) is 22.9 Å². The fraction of sp³-hybridized carbons (Fsp3) is 0.381. The number of rotatable bonds is 7. The smallest absolute Gasteiger partial charge is 0.238 e. The minimum absolute atomic E-state index is 0.0937. The summed E-state index contributed by atoms with van der Waals surface area (Å²) in [5.74, 6) is 2.81. The van der Waals surface area contributed by atoms with Crippen LogP contribution in [0.4, 0.5) is 5.69 Å². The number of halogens is 1. The van der Waals surface area contributed by atoms with Gasteiger partial charge in [0.2, 0.25) is 12.7 Å². The lowest BCUT2D eigenvalue weighted by Crippen LogP contribution is -2.27. The Balaban J connectivity index is 1.54. The van der Waals surface area contributed by atoms with Crippen LogP contribution in [0.1, 0.15) is 37.1 Å². The second kappa shape index (κ2) is 8.66. The Morgan fingerprint density at radius 3 is 2.68 bits per heavy atom. The van der Waals surface area contributed by atoms with Crippen molar-refractivity contribution in [2.75, 3.05) is 24.1 Å². The van der Waals surface area contributed by atoms with Crippen LogP contribution in [0.5, 0.6) is 17.2 Å². The van der Waals surface area contributed by atoms with Gasteiger partial charge >= 0.3 is 0 Å². The highest BCUT2D eigenvalue weighted by Gasteiger charge is 2.36. The molecule has 0 spiro atoms. The standard InChI is InChI=1S/C21H22BrNO4S/c1-2-3-4-9-25-15-7-5-14(6-8-15)23-20(24)12-28-21(23)16-10-18-19(11-17(16)22)27-13-26-18/h5-8,10-11,21H,2-4,9,12-13H2,1H3/t21-/m1/s1. The highest BCUT2D eigenvalue weighted by Crippen LogP contribution is 2.47. The average Bonchev–Trinajstić information content (AvgIpc) is 3.31. The molecule has 148 valence electrons. The molecule has 2 aliphatic rings. The third-order valence-corrected chi connectivity index (χ3v) is 6.64. The summed E-state index contributed by atoms with van der Waals surface area (Å²) in [7, 11) is 0. The molecule has 0 aliphatic carbocycles. The lowest BCUT2D eigenvalue weighted by atomic mass is 10.1. The first kappa shape index (κ1) is 19.5. The van der Waals surface area contributed by atoms with Crippen LogP contribution in [0.15, 0.2) is 40.9 Å². The lowest BCUT2D eigenvalue weighted by molar-refractivity contribution is -0.115. The third kappa shape index (κ3) is 3.96. The molecule has 2 aliphatic heterocycles. The predicted molar refractivity (Wildman–Crippen MR) is 114 cm³/mol. The van der Waals surface area contributed by atoms with Gasteiger partial charge in [-0.3, -0.25) is 9.69 Å². The van der Waals surface area contributed by atoms with Gasteiger partial charge in [-0.25, -0.2) is 0 Å². The van der Waals surface area contributed by atoms with Gasteiger partial charge in [-0.1, -0.05) is 35.7 Å². The summed E-state index contributed by atoms with van der Waals surface area (Å²) in [5.41, 5.74) is 1.87. The van der Waals surface area contributed by atoms with E-state index in [0.29, 0.717) is 11.5 Å². The molecule has 0 radical (unpaired) electrons. The average molecular weight is 464 g/mol. The Hall–Kier alpha value is -1.86. The summed E-state index contributed by atoms with van der Waals surface area (Å²) >= 11 is 5.23. The predicted octanol–water partition coefficient (Wildman–Crippen LogP) is 5.53. The lowest BCUT2D eigenvalue weighted by Gasteiger charge is -2.25. The summed E-state index contributed by atoms with van der Waals surface area (Å²) in [5, 5.41) is -0.118.